The van der Waals surface area contributed by atoms with Gasteiger partial charge in [0.15, 0.2) is 5.78 Å². The van der Waals surface area contributed by atoms with Gasteiger partial charge in [-0.3, -0.25) is 9.28 Å². The van der Waals surface area contributed by atoms with Crippen molar-refractivity contribution in [1.29, 1.82) is 0 Å². The number of ketones is 1. The van der Waals surface area contributed by atoms with E-state index in [9.17, 15) is 4.79 Å². The number of carbonyl (C=O) groups is 1. The van der Waals surface area contributed by atoms with E-state index in [4.69, 9.17) is 0 Å². The molecule has 2 nitrogen and oxygen atoms in total. The molecule has 124 valence electrons. The Morgan fingerprint density at radius 1 is 1.17 bits per heavy atom. The van der Waals surface area contributed by atoms with Gasteiger partial charge < -0.3 is 0 Å². The number of rotatable bonds is 2. The van der Waals surface area contributed by atoms with Gasteiger partial charge in [0.2, 0.25) is 0 Å². The third-order valence-electron chi connectivity index (χ3n) is 6.63. The molecule has 0 radical (unpaired) electrons. The predicted molar refractivity (Wildman–Crippen MR) is 98.3 cm³/mol. The Labute approximate surface area is 140 Å². The van der Waals surface area contributed by atoms with Gasteiger partial charge >= 0.3 is 0 Å². The van der Waals surface area contributed by atoms with Gasteiger partial charge in [-0.05, 0) is 66.5 Å². The van der Waals surface area contributed by atoms with Gasteiger partial charge in [0.05, 0.1) is 21.1 Å². The van der Waals surface area contributed by atoms with Crippen molar-refractivity contribution < 1.29 is 4.79 Å². The minimum absolute atomic E-state index is 0.0905. The summed E-state index contributed by atoms with van der Waals surface area (Å²) in [5.41, 5.74) is 4.75. The van der Waals surface area contributed by atoms with E-state index in [-0.39, 0.29) is 10.8 Å². The van der Waals surface area contributed by atoms with Crippen molar-refractivity contribution >= 4 is 17.5 Å². The molecule has 2 bridgehead atoms. The van der Waals surface area contributed by atoms with Crippen LogP contribution in [0, 0.1) is 23.7 Å². The largest absolute Gasteiger partial charge is 0.298 e. The lowest BCUT2D eigenvalue weighted by Crippen LogP contribution is -2.35. The number of hydrogen-bond donors (Lipinski definition) is 0. The summed E-state index contributed by atoms with van der Waals surface area (Å²) in [6, 6.07) is 6.58. The molecule has 2 aliphatic carbocycles. The molecule has 0 spiro atoms. The molecular weight excluding hydrogens is 282 g/mol. The molecule has 2 fully saturated rings. The molecule has 0 aromatic heterocycles. The van der Waals surface area contributed by atoms with Crippen LogP contribution in [0.5, 0.6) is 0 Å². The highest BCUT2D eigenvalue weighted by Crippen LogP contribution is 2.65. The Bertz CT molecular complexity index is 705. The molecule has 0 saturated heterocycles. The zero-order chi connectivity index (χ0) is 17.2. The van der Waals surface area contributed by atoms with Crippen molar-refractivity contribution in [3.63, 3.8) is 0 Å². The van der Waals surface area contributed by atoms with E-state index in [1.165, 1.54) is 11.3 Å². The molecule has 1 aromatic rings. The number of aryl methyl sites for hydroxylation is 1. The van der Waals surface area contributed by atoms with E-state index < -0.39 is 0 Å². The Morgan fingerprint density at radius 2 is 1.83 bits per heavy atom. The molecule has 2 heteroatoms. The van der Waals surface area contributed by atoms with E-state index in [1.807, 2.05) is 0 Å². The number of Topliss-reactive ketones (excluding diaryl/α,β-unsaturated/α-hetero) is 1. The maximum atomic E-state index is 12.9. The highest BCUT2D eigenvalue weighted by Gasteiger charge is 2.63. The molecular formula is C21H30NO+. The van der Waals surface area contributed by atoms with E-state index in [0.717, 1.165) is 28.5 Å². The van der Waals surface area contributed by atoms with Gasteiger partial charge in [-0.15, -0.1) is 0 Å². The van der Waals surface area contributed by atoms with Crippen LogP contribution in [-0.4, -0.2) is 26.9 Å². The molecule has 0 amide bonds. The first kappa shape index (κ1) is 16.4. The highest BCUT2D eigenvalue weighted by atomic mass is 16.1. The zero-order valence-corrected chi connectivity index (χ0v) is 15.7. The summed E-state index contributed by atoms with van der Waals surface area (Å²) >= 11 is 0. The zero-order valence-electron chi connectivity index (χ0n) is 15.7. The van der Waals surface area contributed by atoms with Crippen LogP contribution in [0.15, 0.2) is 23.8 Å². The van der Waals surface area contributed by atoms with Crippen LogP contribution in [0.3, 0.4) is 0 Å². The van der Waals surface area contributed by atoms with Crippen molar-refractivity contribution in [2.75, 3.05) is 21.1 Å². The van der Waals surface area contributed by atoms with Crippen molar-refractivity contribution in [2.24, 2.45) is 16.7 Å². The summed E-state index contributed by atoms with van der Waals surface area (Å²) in [7, 11) is 6.55. The monoisotopic (exact) mass is 312 g/mol. The topological polar surface area (TPSA) is 17.1 Å². The number of nitrogens with zero attached hydrogens (tertiary/aromatic N) is 1. The van der Waals surface area contributed by atoms with Gasteiger partial charge in [0, 0.05) is 11.0 Å². The lowest BCUT2D eigenvalue weighted by atomic mass is 9.70. The molecule has 2 atom stereocenters. The molecule has 2 aliphatic rings. The average molecular weight is 312 g/mol. The molecule has 2 saturated carbocycles. The van der Waals surface area contributed by atoms with Gasteiger partial charge in [-0.1, -0.05) is 20.8 Å². The first-order chi connectivity index (χ1) is 10.5. The summed E-state index contributed by atoms with van der Waals surface area (Å²) < 4.78 is 0.815. The summed E-state index contributed by atoms with van der Waals surface area (Å²) in [6.45, 7) is 8.87. The average Bonchev–Trinajstić information content (AvgIpc) is 2.72. The fourth-order valence-electron chi connectivity index (χ4n) is 4.79. The first-order valence-corrected chi connectivity index (χ1v) is 8.67. The number of hydrogen-bond acceptors (Lipinski definition) is 1. The Hall–Kier alpha value is -1.41. The number of benzene rings is 1. The lowest BCUT2D eigenvalue weighted by Gasteiger charge is -2.31. The fraction of sp³-hybridized carbons (Fsp3) is 0.571. The van der Waals surface area contributed by atoms with Crippen LogP contribution in [0.1, 0.15) is 44.7 Å². The number of carbonyl (C=O) groups excluding carboxylic acids is 1. The van der Waals surface area contributed by atoms with Crippen molar-refractivity contribution in [3.05, 3.63) is 34.9 Å². The standard InChI is InChI=1S/C21H30NO/c1-14-12-15(8-9-18(14)22(5,6)7)13-16-17-10-11-21(4,19(16)23)20(17,2)3/h8-9,12-13,17H,10-11H2,1-7H3/q+1/b16-13-/t17-,21-/m0/s1. The van der Waals surface area contributed by atoms with Gasteiger partial charge in [-0.25, -0.2) is 0 Å². The van der Waals surface area contributed by atoms with Crippen LogP contribution < -0.4 is 4.48 Å². The third-order valence-corrected chi connectivity index (χ3v) is 6.63. The molecule has 0 unspecified atom stereocenters. The summed E-state index contributed by atoms with van der Waals surface area (Å²) in [5.74, 6) is 0.797. The molecule has 3 rings (SSSR count). The van der Waals surface area contributed by atoms with Crippen molar-refractivity contribution in [3.8, 4) is 0 Å². The maximum absolute atomic E-state index is 12.9. The van der Waals surface area contributed by atoms with E-state index in [1.54, 1.807) is 0 Å². The number of quaternary nitrogens is 1. The minimum Gasteiger partial charge on any atom is -0.298 e. The van der Waals surface area contributed by atoms with Gasteiger partial charge in [0.1, 0.15) is 5.69 Å². The van der Waals surface area contributed by atoms with Crippen LogP contribution in [0.25, 0.3) is 6.08 Å². The van der Waals surface area contributed by atoms with E-state index in [2.05, 4.69) is 73.1 Å². The van der Waals surface area contributed by atoms with Gasteiger partial charge in [-0.2, -0.15) is 0 Å². The smallest absolute Gasteiger partial charge is 0.165 e. The minimum atomic E-state index is -0.166. The molecule has 0 N–H and O–H groups in total. The Kier molecular flexibility index (Phi) is 3.43. The van der Waals surface area contributed by atoms with Crippen LogP contribution in [0.2, 0.25) is 0 Å². The molecule has 0 aliphatic heterocycles. The first-order valence-electron chi connectivity index (χ1n) is 8.67. The van der Waals surface area contributed by atoms with Gasteiger partial charge in [0.25, 0.3) is 0 Å². The normalized spacial score (nSPS) is 31.2. The summed E-state index contributed by atoms with van der Waals surface area (Å²) in [5, 5.41) is 0. The van der Waals surface area contributed by atoms with Crippen LogP contribution >= 0.6 is 0 Å². The quantitative estimate of drug-likeness (QED) is 0.576. The van der Waals surface area contributed by atoms with E-state index in [0.29, 0.717) is 11.7 Å². The predicted octanol–water partition coefficient (Wildman–Crippen LogP) is 4.60. The van der Waals surface area contributed by atoms with Crippen LogP contribution in [0.4, 0.5) is 5.69 Å². The SMILES string of the molecule is Cc1cc(/C=C2\C(=O)[C@]3(C)CC[C@@H]2C3(C)C)ccc1[N+](C)(C)C. The van der Waals surface area contributed by atoms with Crippen molar-refractivity contribution in [2.45, 2.75) is 40.5 Å². The van der Waals surface area contributed by atoms with Crippen LogP contribution in [-0.2, 0) is 4.79 Å². The Morgan fingerprint density at radius 3 is 2.30 bits per heavy atom. The highest BCUT2D eigenvalue weighted by molar-refractivity contribution is 6.08. The number of fused-ring (bicyclic) bond motifs is 2. The molecule has 23 heavy (non-hydrogen) atoms. The maximum Gasteiger partial charge on any atom is 0.165 e. The second-order valence-corrected chi connectivity index (χ2v) is 9.13. The summed E-state index contributed by atoms with van der Waals surface area (Å²) in [6.07, 6.45) is 4.35. The van der Waals surface area contributed by atoms with Crippen molar-refractivity contribution in [1.82, 2.24) is 4.48 Å². The lowest BCUT2D eigenvalue weighted by molar-refractivity contribution is -0.125. The second kappa shape index (κ2) is 4.80. The Balaban J connectivity index is 2.01. The summed E-state index contributed by atoms with van der Waals surface area (Å²) in [4.78, 5) is 12.9. The fourth-order valence-corrected chi connectivity index (χ4v) is 4.79. The third kappa shape index (κ3) is 2.22. The second-order valence-electron chi connectivity index (χ2n) is 9.13. The van der Waals surface area contributed by atoms with E-state index >= 15 is 0 Å². The number of allylic oxidation sites excluding steroid dienone is 1. The molecule has 0 heterocycles. The molecule has 1 aromatic carbocycles.